The molecule has 2 rings (SSSR count). The van der Waals surface area contributed by atoms with Crippen LogP contribution in [0.1, 0.15) is 11.7 Å². The Morgan fingerprint density at radius 3 is 2.60 bits per heavy atom. The molecule has 15 heavy (non-hydrogen) atoms. The molecule has 1 aliphatic heterocycles. The van der Waals surface area contributed by atoms with Gasteiger partial charge in [-0.25, -0.2) is 4.39 Å². The molecule has 82 valence electrons. The zero-order valence-corrected chi connectivity index (χ0v) is 8.53. The first kappa shape index (κ1) is 10.5. The summed E-state index contributed by atoms with van der Waals surface area (Å²) in [6.45, 7) is 2.86. The molecule has 0 aliphatic carbocycles. The molecule has 0 amide bonds. The maximum absolute atomic E-state index is 13.5. The van der Waals surface area contributed by atoms with Crippen LogP contribution in [-0.2, 0) is 4.74 Å². The highest BCUT2D eigenvalue weighted by molar-refractivity contribution is 5.20. The average Bonchev–Trinajstić information content (AvgIpc) is 2.30. The number of morpholine rings is 1. The molecule has 1 heterocycles. The zero-order valence-electron chi connectivity index (χ0n) is 8.53. The molecule has 1 fully saturated rings. The molecule has 0 saturated carbocycles. The van der Waals surface area contributed by atoms with Gasteiger partial charge in [-0.2, -0.15) is 0 Å². The topological polar surface area (TPSA) is 38.5 Å². The van der Waals surface area contributed by atoms with Gasteiger partial charge in [-0.3, -0.25) is 4.90 Å². The summed E-state index contributed by atoms with van der Waals surface area (Å²) in [5.74, 6) is -0.239. The van der Waals surface area contributed by atoms with Crippen LogP contribution in [0.25, 0.3) is 0 Å². The van der Waals surface area contributed by atoms with Crippen LogP contribution < -0.4 is 5.73 Å². The molecule has 3 nitrogen and oxygen atoms in total. The largest absolute Gasteiger partial charge is 0.379 e. The summed E-state index contributed by atoms with van der Waals surface area (Å²) in [5.41, 5.74) is 6.56. The molecule has 1 unspecified atom stereocenters. The van der Waals surface area contributed by atoms with Gasteiger partial charge in [0.1, 0.15) is 5.82 Å². The molecule has 0 aromatic heterocycles. The number of ether oxygens (including phenoxy) is 1. The van der Waals surface area contributed by atoms with Crippen molar-refractivity contribution in [3.8, 4) is 0 Å². The van der Waals surface area contributed by atoms with Crippen molar-refractivity contribution in [1.29, 1.82) is 0 Å². The molecule has 2 N–H and O–H groups in total. The molecule has 1 aromatic rings. The predicted molar refractivity (Wildman–Crippen MR) is 55.7 cm³/mol. The molecule has 1 aromatic carbocycles. The highest BCUT2D eigenvalue weighted by Crippen LogP contribution is 2.19. The molecule has 1 saturated heterocycles. The lowest BCUT2D eigenvalue weighted by atomic mass is 10.1. The van der Waals surface area contributed by atoms with Gasteiger partial charge in [0, 0.05) is 18.7 Å². The predicted octanol–water partition coefficient (Wildman–Crippen LogP) is 1.12. The Labute approximate surface area is 88.6 Å². The van der Waals surface area contributed by atoms with Crippen molar-refractivity contribution in [2.75, 3.05) is 26.3 Å². The van der Waals surface area contributed by atoms with Crippen molar-refractivity contribution in [2.45, 2.75) is 6.17 Å². The van der Waals surface area contributed by atoms with E-state index in [4.69, 9.17) is 10.5 Å². The van der Waals surface area contributed by atoms with Crippen LogP contribution >= 0.6 is 0 Å². The normalized spacial score (nSPS) is 20.1. The summed E-state index contributed by atoms with van der Waals surface area (Å²) in [4.78, 5) is 2.03. The Bertz CT molecular complexity index is 326. The van der Waals surface area contributed by atoms with E-state index in [2.05, 4.69) is 0 Å². The van der Waals surface area contributed by atoms with Crippen molar-refractivity contribution >= 4 is 0 Å². The lowest BCUT2D eigenvalue weighted by Crippen LogP contribution is -2.42. The first-order valence-corrected chi connectivity index (χ1v) is 5.11. The van der Waals surface area contributed by atoms with Crippen molar-refractivity contribution in [1.82, 2.24) is 4.90 Å². The monoisotopic (exact) mass is 210 g/mol. The Kier molecular flexibility index (Phi) is 3.30. The molecule has 4 heteroatoms. The van der Waals surface area contributed by atoms with E-state index < -0.39 is 0 Å². The van der Waals surface area contributed by atoms with Crippen molar-refractivity contribution in [2.24, 2.45) is 5.73 Å². The third-order valence-corrected chi connectivity index (χ3v) is 2.66. The second kappa shape index (κ2) is 4.70. The minimum atomic E-state index is -0.366. The number of hydrogen-bond donors (Lipinski definition) is 1. The Morgan fingerprint density at radius 2 is 1.93 bits per heavy atom. The Balaban J connectivity index is 2.12. The standard InChI is InChI=1S/C11H15FN2O/c12-10-4-2-1-3-9(10)11(13)14-5-7-15-8-6-14/h1-4,11H,5-8,13H2. The van der Waals surface area contributed by atoms with Crippen LogP contribution in [0, 0.1) is 5.82 Å². The Hall–Kier alpha value is -0.970. The molecule has 0 radical (unpaired) electrons. The van der Waals surface area contributed by atoms with Gasteiger partial charge >= 0.3 is 0 Å². The molecular formula is C11H15FN2O. The third-order valence-electron chi connectivity index (χ3n) is 2.66. The lowest BCUT2D eigenvalue weighted by Gasteiger charge is -2.32. The van der Waals surface area contributed by atoms with E-state index in [0.29, 0.717) is 18.8 Å². The van der Waals surface area contributed by atoms with Crippen LogP contribution in [0.3, 0.4) is 0 Å². The fourth-order valence-corrected chi connectivity index (χ4v) is 1.77. The van der Waals surface area contributed by atoms with Crippen LogP contribution in [-0.4, -0.2) is 31.2 Å². The Morgan fingerprint density at radius 1 is 1.27 bits per heavy atom. The minimum Gasteiger partial charge on any atom is -0.379 e. The molecule has 0 bridgehead atoms. The van der Waals surface area contributed by atoms with Crippen LogP contribution in [0.2, 0.25) is 0 Å². The van der Waals surface area contributed by atoms with Crippen molar-refractivity contribution in [3.63, 3.8) is 0 Å². The van der Waals surface area contributed by atoms with Gasteiger partial charge in [-0.1, -0.05) is 18.2 Å². The van der Waals surface area contributed by atoms with Gasteiger partial charge in [0.25, 0.3) is 0 Å². The molecule has 1 atom stereocenters. The summed E-state index contributed by atoms with van der Waals surface area (Å²) in [6.07, 6.45) is -0.366. The quantitative estimate of drug-likeness (QED) is 0.794. The highest BCUT2D eigenvalue weighted by Gasteiger charge is 2.20. The number of nitrogens with zero attached hydrogens (tertiary/aromatic N) is 1. The first-order valence-electron chi connectivity index (χ1n) is 5.11. The van der Waals surface area contributed by atoms with Gasteiger partial charge in [0.05, 0.1) is 19.4 Å². The van der Waals surface area contributed by atoms with E-state index in [9.17, 15) is 4.39 Å². The van der Waals surface area contributed by atoms with Crippen LogP contribution in [0.5, 0.6) is 0 Å². The zero-order chi connectivity index (χ0) is 10.7. The highest BCUT2D eigenvalue weighted by atomic mass is 19.1. The fraction of sp³-hybridized carbons (Fsp3) is 0.455. The number of rotatable bonds is 2. The second-order valence-corrected chi connectivity index (χ2v) is 3.61. The van der Waals surface area contributed by atoms with Gasteiger partial charge in [0.2, 0.25) is 0 Å². The van der Waals surface area contributed by atoms with Crippen molar-refractivity contribution in [3.05, 3.63) is 35.6 Å². The SMILES string of the molecule is NC(c1ccccc1F)N1CCOCC1. The van der Waals surface area contributed by atoms with E-state index in [1.807, 2.05) is 4.90 Å². The summed E-state index contributed by atoms with van der Waals surface area (Å²) in [6, 6.07) is 6.65. The third kappa shape index (κ3) is 2.34. The minimum absolute atomic E-state index is 0.239. The van der Waals surface area contributed by atoms with E-state index >= 15 is 0 Å². The van der Waals surface area contributed by atoms with E-state index in [0.717, 1.165) is 13.1 Å². The summed E-state index contributed by atoms with van der Waals surface area (Å²) >= 11 is 0. The molecule has 1 aliphatic rings. The number of benzene rings is 1. The van der Waals surface area contributed by atoms with Gasteiger partial charge in [-0.05, 0) is 6.07 Å². The van der Waals surface area contributed by atoms with E-state index in [1.165, 1.54) is 6.07 Å². The van der Waals surface area contributed by atoms with E-state index in [1.54, 1.807) is 18.2 Å². The van der Waals surface area contributed by atoms with Crippen molar-refractivity contribution < 1.29 is 9.13 Å². The maximum atomic E-state index is 13.5. The van der Waals surface area contributed by atoms with Crippen LogP contribution in [0.4, 0.5) is 4.39 Å². The maximum Gasteiger partial charge on any atom is 0.129 e. The number of hydrogen-bond acceptors (Lipinski definition) is 3. The van der Waals surface area contributed by atoms with Crippen LogP contribution in [0.15, 0.2) is 24.3 Å². The molecular weight excluding hydrogens is 195 g/mol. The second-order valence-electron chi connectivity index (χ2n) is 3.61. The summed E-state index contributed by atoms with van der Waals surface area (Å²) in [5, 5.41) is 0. The number of halogens is 1. The average molecular weight is 210 g/mol. The lowest BCUT2D eigenvalue weighted by molar-refractivity contribution is 0.0166. The van der Waals surface area contributed by atoms with Gasteiger partial charge < -0.3 is 10.5 Å². The van der Waals surface area contributed by atoms with Gasteiger partial charge in [-0.15, -0.1) is 0 Å². The summed E-state index contributed by atoms with van der Waals surface area (Å²) < 4.78 is 18.7. The first-order chi connectivity index (χ1) is 7.29. The van der Waals surface area contributed by atoms with Gasteiger partial charge in [0.15, 0.2) is 0 Å². The fourth-order valence-electron chi connectivity index (χ4n) is 1.77. The van der Waals surface area contributed by atoms with E-state index in [-0.39, 0.29) is 12.0 Å². The number of nitrogens with two attached hydrogens (primary N) is 1. The summed E-state index contributed by atoms with van der Waals surface area (Å²) in [7, 11) is 0. The molecule has 0 spiro atoms. The smallest absolute Gasteiger partial charge is 0.129 e.